The highest BCUT2D eigenvalue weighted by Gasteiger charge is 2.25. The fraction of sp³-hybridized carbons (Fsp3) is 0.381. The molecule has 0 aliphatic carbocycles. The van der Waals surface area contributed by atoms with Gasteiger partial charge in [-0.1, -0.05) is 11.6 Å². The van der Waals surface area contributed by atoms with Gasteiger partial charge in [-0.3, -0.25) is 0 Å². The van der Waals surface area contributed by atoms with E-state index in [9.17, 15) is 0 Å². The lowest BCUT2D eigenvalue weighted by Gasteiger charge is -2.37. The summed E-state index contributed by atoms with van der Waals surface area (Å²) in [5.41, 5.74) is 2.12. The van der Waals surface area contributed by atoms with Crippen LogP contribution < -0.4 is 15.0 Å². The molecule has 1 aromatic carbocycles. The maximum Gasteiger partial charge on any atom is 0.171 e. The topological polar surface area (TPSA) is 50.5 Å². The first kappa shape index (κ1) is 18.1. The summed E-state index contributed by atoms with van der Waals surface area (Å²) in [6, 6.07) is 10.1. The van der Waals surface area contributed by atoms with Crippen molar-refractivity contribution in [3.63, 3.8) is 0 Å². The SMILES string of the molecule is COc1cccnc1N1CCNCC1CCCc1coc2ccc(Cl)cc12. The first-order valence-corrected chi connectivity index (χ1v) is 9.76. The molecule has 0 saturated carbocycles. The van der Waals surface area contributed by atoms with Gasteiger partial charge >= 0.3 is 0 Å². The van der Waals surface area contributed by atoms with E-state index in [1.54, 1.807) is 7.11 Å². The Morgan fingerprint density at radius 1 is 1.37 bits per heavy atom. The second-order valence-electron chi connectivity index (χ2n) is 6.87. The number of hydrogen-bond donors (Lipinski definition) is 1. The highest BCUT2D eigenvalue weighted by Crippen LogP contribution is 2.29. The summed E-state index contributed by atoms with van der Waals surface area (Å²) in [5.74, 6) is 1.77. The Labute approximate surface area is 164 Å². The van der Waals surface area contributed by atoms with E-state index in [4.69, 9.17) is 20.8 Å². The van der Waals surface area contributed by atoms with Gasteiger partial charge in [-0.25, -0.2) is 4.98 Å². The molecule has 4 rings (SSSR count). The number of aryl methyl sites for hydroxylation is 1. The van der Waals surface area contributed by atoms with Crippen LogP contribution in [0.1, 0.15) is 18.4 Å². The average molecular weight is 386 g/mol. The maximum absolute atomic E-state index is 6.14. The fourth-order valence-electron chi connectivity index (χ4n) is 3.83. The highest BCUT2D eigenvalue weighted by molar-refractivity contribution is 6.31. The average Bonchev–Trinajstić information content (AvgIpc) is 3.10. The fourth-order valence-corrected chi connectivity index (χ4v) is 4.00. The quantitative estimate of drug-likeness (QED) is 0.685. The predicted octanol–water partition coefficient (Wildman–Crippen LogP) is 4.29. The third-order valence-corrected chi connectivity index (χ3v) is 5.43. The Bertz CT molecular complexity index is 911. The van der Waals surface area contributed by atoms with E-state index in [2.05, 4.69) is 15.2 Å². The number of rotatable bonds is 6. The van der Waals surface area contributed by atoms with Crippen molar-refractivity contribution in [1.82, 2.24) is 10.3 Å². The monoisotopic (exact) mass is 385 g/mol. The molecule has 6 heteroatoms. The van der Waals surface area contributed by atoms with E-state index in [0.29, 0.717) is 6.04 Å². The Hall–Kier alpha value is -2.24. The van der Waals surface area contributed by atoms with Gasteiger partial charge in [-0.2, -0.15) is 0 Å². The minimum atomic E-state index is 0.393. The molecular formula is C21H24ClN3O2. The van der Waals surface area contributed by atoms with Crippen molar-refractivity contribution in [1.29, 1.82) is 0 Å². The Morgan fingerprint density at radius 2 is 2.30 bits per heavy atom. The molecule has 0 radical (unpaired) electrons. The number of hydrogen-bond acceptors (Lipinski definition) is 5. The molecule has 142 valence electrons. The summed E-state index contributed by atoms with van der Waals surface area (Å²) in [6.07, 6.45) is 6.80. The van der Waals surface area contributed by atoms with E-state index < -0.39 is 0 Å². The van der Waals surface area contributed by atoms with Gasteiger partial charge < -0.3 is 19.4 Å². The number of fused-ring (bicyclic) bond motifs is 1. The molecule has 0 amide bonds. The molecule has 1 aliphatic heterocycles. The molecule has 2 aromatic heterocycles. The van der Waals surface area contributed by atoms with E-state index >= 15 is 0 Å². The molecule has 1 fully saturated rings. The van der Waals surface area contributed by atoms with Crippen molar-refractivity contribution in [2.75, 3.05) is 31.6 Å². The van der Waals surface area contributed by atoms with Crippen molar-refractivity contribution in [3.05, 3.63) is 53.4 Å². The molecule has 0 spiro atoms. The number of nitrogens with zero attached hydrogens (tertiary/aromatic N) is 2. The summed E-state index contributed by atoms with van der Waals surface area (Å²) in [6.45, 7) is 2.85. The Balaban J connectivity index is 1.45. The third-order valence-electron chi connectivity index (χ3n) is 5.19. The van der Waals surface area contributed by atoms with Gasteiger partial charge in [0.05, 0.1) is 13.4 Å². The lowest BCUT2D eigenvalue weighted by Crippen LogP contribution is -2.51. The Morgan fingerprint density at radius 3 is 3.19 bits per heavy atom. The third kappa shape index (κ3) is 3.89. The first-order chi connectivity index (χ1) is 13.3. The van der Waals surface area contributed by atoms with Crippen molar-refractivity contribution in [2.24, 2.45) is 0 Å². The van der Waals surface area contributed by atoms with Crippen LogP contribution in [0.4, 0.5) is 5.82 Å². The standard InChI is InChI=1S/C21H24ClN3O2/c1-26-20-6-3-9-24-21(20)25-11-10-23-13-17(25)5-2-4-15-14-27-19-8-7-16(22)12-18(15)19/h3,6-9,12,14,17,23H,2,4-5,10-11,13H2,1H3. The molecule has 1 unspecified atom stereocenters. The van der Waals surface area contributed by atoms with Gasteiger partial charge in [0, 0.05) is 42.3 Å². The number of halogens is 1. The molecule has 0 bridgehead atoms. The summed E-state index contributed by atoms with van der Waals surface area (Å²) in [4.78, 5) is 6.95. The van der Waals surface area contributed by atoms with Crippen molar-refractivity contribution < 1.29 is 9.15 Å². The number of piperazine rings is 1. The normalized spacial score (nSPS) is 17.4. The van der Waals surface area contributed by atoms with Crippen LogP contribution in [-0.4, -0.2) is 37.8 Å². The van der Waals surface area contributed by atoms with Crippen LogP contribution in [0.25, 0.3) is 11.0 Å². The smallest absolute Gasteiger partial charge is 0.171 e. The second-order valence-corrected chi connectivity index (χ2v) is 7.31. The molecule has 1 N–H and O–H groups in total. The zero-order valence-electron chi connectivity index (χ0n) is 15.5. The summed E-state index contributed by atoms with van der Waals surface area (Å²) < 4.78 is 11.2. The molecule has 5 nitrogen and oxygen atoms in total. The lowest BCUT2D eigenvalue weighted by atomic mass is 10.0. The minimum Gasteiger partial charge on any atom is -0.493 e. The van der Waals surface area contributed by atoms with Crippen molar-refractivity contribution >= 4 is 28.4 Å². The predicted molar refractivity (Wildman–Crippen MR) is 109 cm³/mol. The van der Waals surface area contributed by atoms with E-state index in [1.807, 2.05) is 42.8 Å². The number of aromatic nitrogens is 1. The highest BCUT2D eigenvalue weighted by atomic mass is 35.5. The summed E-state index contributed by atoms with van der Waals surface area (Å²) in [5, 5.41) is 5.37. The Kier molecular flexibility index (Phi) is 5.50. The van der Waals surface area contributed by atoms with Crippen LogP contribution in [-0.2, 0) is 6.42 Å². The van der Waals surface area contributed by atoms with Crippen molar-refractivity contribution in [3.8, 4) is 5.75 Å². The van der Waals surface area contributed by atoms with Gasteiger partial charge in [0.2, 0.25) is 0 Å². The zero-order valence-corrected chi connectivity index (χ0v) is 16.2. The van der Waals surface area contributed by atoms with Gasteiger partial charge in [-0.15, -0.1) is 0 Å². The zero-order chi connectivity index (χ0) is 18.6. The van der Waals surface area contributed by atoms with Gasteiger partial charge in [-0.05, 0) is 55.2 Å². The van der Waals surface area contributed by atoms with Gasteiger partial charge in [0.15, 0.2) is 11.6 Å². The van der Waals surface area contributed by atoms with Crippen LogP contribution in [0.5, 0.6) is 5.75 Å². The van der Waals surface area contributed by atoms with Gasteiger partial charge in [0.1, 0.15) is 5.58 Å². The van der Waals surface area contributed by atoms with Crippen LogP contribution in [0.3, 0.4) is 0 Å². The van der Waals surface area contributed by atoms with E-state index in [-0.39, 0.29) is 0 Å². The van der Waals surface area contributed by atoms with E-state index in [0.717, 1.165) is 66.5 Å². The molecule has 1 saturated heterocycles. The van der Waals surface area contributed by atoms with Crippen molar-refractivity contribution in [2.45, 2.75) is 25.3 Å². The van der Waals surface area contributed by atoms with Crippen LogP contribution in [0.15, 0.2) is 47.2 Å². The number of ether oxygens (including phenoxy) is 1. The van der Waals surface area contributed by atoms with Gasteiger partial charge in [0.25, 0.3) is 0 Å². The summed E-state index contributed by atoms with van der Waals surface area (Å²) >= 11 is 6.14. The number of benzene rings is 1. The number of nitrogens with one attached hydrogen (secondary N) is 1. The lowest BCUT2D eigenvalue weighted by molar-refractivity contribution is 0.398. The van der Waals surface area contributed by atoms with Crippen LogP contribution in [0, 0.1) is 0 Å². The number of anilines is 1. The molecular weight excluding hydrogens is 362 g/mol. The molecule has 27 heavy (non-hydrogen) atoms. The van der Waals surface area contributed by atoms with Crippen LogP contribution in [0.2, 0.25) is 5.02 Å². The largest absolute Gasteiger partial charge is 0.493 e. The minimum absolute atomic E-state index is 0.393. The number of furan rings is 1. The molecule has 1 atom stereocenters. The molecule has 3 heterocycles. The number of methoxy groups -OCH3 is 1. The first-order valence-electron chi connectivity index (χ1n) is 9.38. The second kappa shape index (κ2) is 8.19. The number of pyridine rings is 1. The van der Waals surface area contributed by atoms with Crippen LogP contribution >= 0.6 is 11.6 Å². The molecule has 1 aliphatic rings. The molecule has 3 aromatic rings. The summed E-state index contributed by atoms with van der Waals surface area (Å²) in [7, 11) is 1.70. The van der Waals surface area contributed by atoms with E-state index in [1.165, 1.54) is 5.56 Å². The maximum atomic E-state index is 6.14.